The molecule has 0 radical (unpaired) electrons. The molecule has 0 bridgehead atoms. The van der Waals surface area contributed by atoms with E-state index in [0.29, 0.717) is 30.0 Å². The van der Waals surface area contributed by atoms with Gasteiger partial charge in [-0.2, -0.15) is 0 Å². The van der Waals surface area contributed by atoms with Gasteiger partial charge in [0.15, 0.2) is 0 Å². The van der Waals surface area contributed by atoms with Gasteiger partial charge >= 0.3 is 0 Å². The van der Waals surface area contributed by atoms with Crippen LogP contribution in [0.4, 0.5) is 0 Å². The topological polar surface area (TPSA) is 40.5 Å². The summed E-state index contributed by atoms with van der Waals surface area (Å²) in [6.07, 6.45) is 17.4. The molecule has 1 heterocycles. The van der Waals surface area contributed by atoms with Crippen molar-refractivity contribution < 1.29 is 9.90 Å². The number of allylic oxidation sites excluding steroid dienone is 2. The Labute approximate surface area is 195 Å². The molecule has 4 rings (SSSR count). The minimum absolute atomic E-state index is 0.113. The lowest BCUT2D eigenvalue weighted by Crippen LogP contribution is -2.49. The van der Waals surface area contributed by atoms with Crippen LogP contribution in [0.1, 0.15) is 90.9 Å². The molecule has 3 nitrogen and oxygen atoms in total. The highest BCUT2D eigenvalue weighted by Crippen LogP contribution is 2.57. The van der Waals surface area contributed by atoms with Crippen molar-refractivity contribution in [1.29, 1.82) is 0 Å². The zero-order chi connectivity index (χ0) is 22.0. The van der Waals surface area contributed by atoms with Gasteiger partial charge in [-0.25, -0.2) is 0 Å². The Kier molecular flexibility index (Phi) is 7.87. The minimum Gasteiger partial charge on any atom is -0.378 e. The van der Waals surface area contributed by atoms with Gasteiger partial charge in [0.1, 0.15) is 12.0 Å². The second-order valence-electron chi connectivity index (χ2n) is 11.3. The number of aliphatic hydroxyl groups excluding tert-OH is 1. The molecule has 2 saturated carbocycles. The summed E-state index contributed by atoms with van der Waals surface area (Å²) >= 11 is 6.23. The molecule has 0 amide bonds. The SMILES string of the molecule is CCC1([C@@H](CC(=O)C2CCCCC2C)C(O)N2CCC(C3C=CC(Cl)CC3)CC2)CC1. The maximum Gasteiger partial charge on any atom is 0.136 e. The van der Waals surface area contributed by atoms with Crippen molar-refractivity contribution in [1.82, 2.24) is 4.90 Å². The van der Waals surface area contributed by atoms with Crippen molar-refractivity contribution in [2.75, 3.05) is 13.1 Å². The number of aliphatic hydroxyl groups is 1. The molecule has 176 valence electrons. The first-order chi connectivity index (χ1) is 14.9. The maximum absolute atomic E-state index is 13.3. The second-order valence-corrected chi connectivity index (χ2v) is 11.9. The lowest BCUT2D eigenvalue weighted by atomic mass is 9.73. The molecule has 0 aromatic rings. The number of carbonyl (C=O) groups excluding carboxylic acids is 1. The molecule has 0 spiro atoms. The zero-order valence-electron chi connectivity index (χ0n) is 19.8. The van der Waals surface area contributed by atoms with Gasteiger partial charge in [0.25, 0.3) is 0 Å². The largest absolute Gasteiger partial charge is 0.378 e. The number of halogens is 1. The summed E-state index contributed by atoms with van der Waals surface area (Å²) in [6, 6.07) is 0. The monoisotopic (exact) mass is 449 g/mol. The summed E-state index contributed by atoms with van der Waals surface area (Å²) in [4.78, 5) is 15.6. The molecule has 0 aromatic carbocycles. The van der Waals surface area contributed by atoms with Crippen LogP contribution >= 0.6 is 11.6 Å². The Morgan fingerprint density at radius 2 is 1.81 bits per heavy atom. The van der Waals surface area contributed by atoms with Crippen LogP contribution in [-0.2, 0) is 4.79 Å². The highest BCUT2D eigenvalue weighted by atomic mass is 35.5. The number of Topliss-reactive ketones (excluding diaryl/α,β-unsaturated/α-hetero) is 1. The fourth-order valence-electron chi connectivity index (χ4n) is 7.01. The second kappa shape index (κ2) is 10.3. The molecular weight excluding hydrogens is 406 g/mol. The van der Waals surface area contributed by atoms with Crippen molar-refractivity contribution in [3.05, 3.63) is 12.2 Å². The highest BCUT2D eigenvalue weighted by Gasteiger charge is 2.52. The van der Waals surface area contributed by atoms with Gasteiger partial charge in [0.05, 0.1) is 5.38 Å². The number of carbonyl (C=O) groups is 1. The van der Waals surface area contributed by atoms with Crippen LogP contribution in [0.15, 0.2) is 12.2 Å². The summed E-state index contributed by atoms with van der Waals surface area (Å²) in [7, 11) is 0. The summed E-state index contributed by atoms with van der Waals surface area (Å²) in [5.41, 5.74) is 0.200. The first-order valence-corrected chi connectivity index (χ1v) is 13.6. The van der Waals surface area contributed by atoms with Gasteiger partial charge in [-0.05, 0) is 68.1 Å². The minimum atomic E-state index is -0.458. The van der Waals surface area contributed by atoms with Gasteiger partial charge in [0.2, 0.25) is 0 Å². The molecule has 4 aliphatic rings. The van der Waals surface area contributed by atoms with E-state index in [1.54, 1.807) is 0 Å². The predicted octanol–water partition coefficient (Wildman–Crippen LogP) is 6.18. The average Bonchev–Trinajstić information content (AvgIpc) is 3.59. The normalized spacial score (nSPS) is 36.1. The number of alkyl halides is 1. The Morgan fingerprint density at radius 3 is 2.39 bits per heavy atom. The van der Waals surface area contributed by atoms with E-state index in [0.717, 1.165) is 45.2 Å². The first-order valence-electron chi connectivity index (χ1n) is 13.2. The van der Waals surface area contributed by atoms with Gasteiger partial charge in [-0.3, -0.25) is 9.69 Å². The number of nitrogens with zero attached hydrogens (tertiary/aromatic N) is 1. The Balaban J connectivity index is 1.37. The molecular formula is C27H44ClNO2. The van der Waals surface area contributed by atoms with Crippen molar-refractivity contribution in [2.45, 2.75) is 103 Å². The number of ketones is 1. The van der Waals surface area contributed by atoms with Crippen LogP contribution in [0.3, 0.4) is 0 Å². The third-order valence-electron chi connectivity index (χ3n) is 9.59. The maximum atomic E-state index is 13.3. The van der Waals surface area contributed by atoms with Gasteiger partial charge in [-0.1, -0.05) is 51.7 Å². The van der Waals surface area contributed by atoms with E-state index in [1.807, 2.05) is 0 Å². The third-order valence-corrected chi connectivity index (χ3v) is 9.95. The molecule has 1 N–H and O–H groups in total. The van der Waals surface area contributed by atoms with E-state index in [4.69, 9.17) is 11.6 Å². The first kappa shape index (κ1) is 23.8. The van der Waals surface area contributed by atoms with Crippen molar-refractivity contribution in [3.8, 4) is 0 Å². The molecule has 1 saturated heterocycles. The fourth-order valence-corrected chi connectivity index (χ4v) is 7.22. The molecule has 4 heteroatoms. The van der Waals surface area contributed by atoms with Crippen LogP contribution in [-0.4, -0.2) is 40.5 Å². The molecule has 0 aromatic heterocycles. The van der Waals surface area contributed by atoms with E-state index in [9.17, 15) is 9.90 Å². The molecule has 1 aliphatic heterocycles. The van der Waals surface area contributed by atoms with Crippen LogP contribution in [0.25, 0.3) is 0 Å². The summed E-state index contributed by atoms with van der Waals surface area (Å²) in [5, 5.41) is 11.7. The average molecular weight is 450 g/mol. The number of rotatable bonds is 8. The van der Waals surface area contributed by atoms with E-state index >= 15 is 0 Å². The summed E-state index contributed by atoms with van der Waals surface area (Å²) < 4.78 is 0. The zero-order valence-corrected chi connectivity index (χ0v) is 20.5. The molecule has 5 unspecified atom stereocenters. The van der Waals surface area contributed by atoms with Crippen LogP contribution in [0, 0.1) is 35.0 Å². The van der Waals surface area contributed by atoms with Gasteiger partial charge in [0, 0.05) is 31.3 Å². The lowest BCUT2D eigenvalue weighted by Gasteiger charge is -2.43. The standard InChI is InChI=1S/C27H44ClNO2/c1-3-27(14-15-27)24(18-25(30)23-7-5-4-6-19(23)2)26(31)29-16-12-21(13-17-29)20-8-10-22(28)11-9-20/h8,10,19-24,26,31H,3-7,9,11-18H2,1-2H3/t19?,20?,22?,23?,24-,26?/m0/s1. The quantitative estimate of drug-likeness (QED) is 0.355. The number of hydrogen-bond donors (Lipinski definition) is 1. The van der Waals surface area contributed by atoms with Crippen LogP contribution < -0.4 is 0 Å². The summed E-state index contributed by atoms with van der Waals surface area (Å²) in [6.45, 7) is 6.44. The van der Waals surface area contributed by atoms with Crippen molar-refractivity contribution in [2.24, 2.45) is 35.0 Å². The van der Waals surface area contributed by atoms with Gasteiger partial charge in [-0.15, -0.1) is 11.6 Å². The third kappa shape index (κ3) is 5.41. The van der Waals surface area contributed by atoms with E-state index in [-0.39, 0.29) is 22.6 Å². The van der Waals surface area contributed by atoms with Crippen molar-refractivity contribution >= 4 is 17.4 Å². The number of hydrogen-bond acceptors (Lipinski definition) is 3. The summed E-state index contributed by atoms with van der Waals surface area (Å²) in [5.74, 6) is 2.67. The predicted molar refractivity (Wildman–Crippen MR) is 128 cm³/mol. The smallest absolute Gasteiger partial charge is 0.136 e. The Hall–Kier alpha value is -0.380. The Bertz CT molecular complexity index is 637. The van der Waals surface area contributed by atoms with E-state index in [1.165, 1.54) is 38.5 Å². The highest BCUT2D eigenvalue weighted by molar-refractivity contribution is 6.21. The fraction of sp³-hybridized carbons (Fsp3) is 0.889. The van der Waals surface area contributed by atoms with E-state index in [2.05, 4.69) is 30.9 Å². The van der Waals surface area contributed by atoms with Gasteiger partial charge < -0.3 is 5.11 Å². The van der Waals surface area contributed by atoms with Crippen LogP contribution in [0.5, 0.6) is 0 Å². The lowest BCUT2D eigenvalue weighted by molar-refractivity contribution is -0.133. The number of piperidine rings is 1. The molecule has 31 heavy (non-hydrogen) atoms. The van der Waals surface area contributed by atoms with Crippen LogP contribution in [0.2, 0.25) is 0 Å². The molecule has 6 atom stereocenters. The van der Waals surface area contributed by atoms with Crippen molar-refractivity contribution in [3.63, 3.8) is 0 Å². The number of likely N-dealkylation sites (tertiary alicyclic amines) is 1. The Morgan fingerprint density at radius 1 is 1.10 bits per heavy atom. The van der Waals surface area contributed by atoms with E-state index < -0.39 is 6.23 Å². The molecule has 3 fully saturated rings. The molecule has 3 aliphatic carbocycles.